The van der Waals surface area contributed by atoms with Gasteiger partial charge in [0.05, 0.1) is 23.3 Å². The molecular formula is C41H36F7NO6. The summed E-state index contributed by atoms with van der Waals surface area (Å²) in [6.45, 7) is 2.56. The van der Waals surface area contributed by atoms with Crippen LogP contribution in [0.15, 0.2) is 103 Å². The van der Waals surface area contributed by atoms with Crippen molar-refractivity contribution in [2.75, 3.05) is 0 Å². The van der Waals surface area contributed by atoms with Crippen LogP contribution in [0.1, 0.15) is 84.7 Å². The molecule has 1 saturated carbocycles. The molecule has 0 bridgehead atoms. The third-order valence-electron chi connectivity index (χ3n) is 10.2. The van der Waals surface area contributed by atoms with Crippen LogP contribution in [-0.2, 0) is 42.8 Å². The van der Waals surface area contributed by atoms with Gasteiger partial charge in [0.2, 0.25) is 6.23 Å². The predicted molar refractivity (Wildman–Crippen MR) is 183 cm³/mol. The van der Waals surface area contributed by atoms with Gasteiger partial charge in [-0.3, -0.25) is 9.69 Å². The number of nitrogens with zero attached hydrogens (tertiary/aromatic N) is 1. The highest BCUT2D eigenvalue weighted by Gasteiger charge is 2.58. The number of alkyl halides is 6. The minimum absolute atomic E-state index is 0.0273. The third kappa shape index (κ3) is 8.54. The molecule has 14 heteroatoms. The first-order chi connectivity index (χ1) is 26.0. The lowest BCUT2D eigenvalue weighted by Gasteiger charge is -2.34. The molecule has 0 unspecified atom stereocenters. The van der Waals surface area contributed by atoms with Crippen molar-refractivity contribution in [3.8, 4) is 0 Å². The van der Waals surface area contributed by atoms with Crippen molar-refractivity contribution in [2.24, 2.45) is 5.92 Å². The summed E-state index contributed by atoms with van der Waals surface area (Å²) in [5.74, 6) is -3.73. The molecule has 2 aliphatic rings. The van der Waals surface area contributed by atoms with E-state index in [-0.39, 0.29) is 31.1 Å². The number of cyclic esters (lactones) is 1. The summed E-state index contributed by atoms with van der Waals surface area (Å²) < 4.78 is 114. The van der Waals surface area contributed by atoms with Gasteiger partial charge in [0, 0.05) is 23.8 Å². The van der Waals surface area contributed by atoms with Crippen LogP contribution in [0.2, 0.25) is 0 Å². The third-order valence-corrected chi connectivity index (χ3v) is 10.2. The summed E-state index contributed by atoms with van der Waals surface area (Å²) >= 11 is 0. The zero-order valence-corrected chi connectivity index (χ0v) is 29.6. The second-order valence-electron chi connectivity index (χ2n) is 13.9. The first-order valence-corrected chi connectivity index (χ1v) is 17.4. The largest absolute Gasteiger partial charge is 0.444 e. The number of halogens is 7. The molecule has 55 heavy (non-hydrogen) atoms. The fourth-order valence-electron chi connectivity index (χ4n) is 7.35. The first-order valence-electron chi connectivity index (χ1n) is 17.4. The van der Waals surface area contributed by atoms with Gasteiger partial charge in [0.15, 0.2) is 5.54 Å². The van der Waals surface area contributed by atoms with Crippen LogP contribution >= 0.6 is 0 Å². The zero-order chi connectivity index (χ0) is 39.7. The second kappa shape index (κ2) is 15.5. The number of amides is 1. The molecule has 290 valence electrons. The number of esters is 1. The summed E-state index contributed by atoms with van der Waals surface area (Å²) in [5, 5.41) is 0. The number of carbonyl (C=O) groups excluding carboxylic acids is 3. The van der Waals surface area contributed by atoms with Crippen LogP contribution in [0.25, 0.3) is 0 Å². The Labute approximate surface area is 312 Å². The molecule has 4 aromatic rings. The van der Waals surface area contributed by atoms with E-state index in [0.717, 1.165) is 17.0 Å². The topological polar surface area (TPSA) is 82.1 Å². The molecule has 1 aliphatic heterocycles. The second-order valence-corrected chi connectivity index (χ2v) is 13.9. The minimum atomic E-state index is -5.07. The lowest BCUT2D eigenvalue weighted by atomic mass is 9.80. The van der Waals surface area contributed by atoms with E-state index in [1.807, 2.05) is 0 Å². The van der Waals surface area contributed by atoms with Gasteiger partial charge in [-0.25, -0.2) is 14.0 Å². The molecule has 4 aromatic carbocycles. The van der Waals surface area contributed by atoms with E-state index in [0.29, 0.717) is 28.8 Å². The predicted octanol–water partition coefficient (Wildman–Crippen LogP) is 10.1. The standard InChI is InChI=1S/C41H36F7NO6/c1-24(28-19-29(40(43,44)45)21-30(20-28)41(46,47)48)54-34-18-17-32(35(34)26-13-15-31(42)16-14-26)33(50)22-39(2)37(51)55-36(27-11-7-4-8-12-27)49(39)38(52)53-23-25-9-5-3-6-10-25/h3-16,19-21,24,32,34-36H,17-18,22-23H2,1-2H3/t24-,32+,34+,35+,36+,39-/m1/s1. The molecule has 2 fully saturated rings. The molecule has 6 rings (SSSR count). The van der Waals surface area contributed by atoms with Crippen molar-refractivity contribution in [1.82, 2.24) is 4.90 Å². The molecule has 7 nitrogen and oxygen atoms in total. The van der Waals surface area contributed by atoms with Gasteiger partial charge in [0.25, 0.3) is 0 Å². The van der Waals surface area contributed by atoms with Gasteiger partial charge in [-0.2, -0.15) is 26.3 Å². The van der Waals surface area contributed by atoms with Crippen LogP contribution in [0.5, 0.6) is 0 Å². The average molecular weight is 772 g/mol. The van der Waals surface area contributed by atoms with Crippen LogP contribution in [0, 0.1) is 11.7 Å². The van der Waals surface area contributed by atoms with E-state index >= 15 is 0 Å². The number of benzene rings is 4. The first kappa shape index (κ1) is 39.5. The van der Waals surface area contributed by atoms with Crippen LogP contribution in [0.3, 0.4) is 0 Å². The monoisotopic (exact) mass is 771 g/mol. The Balaban J connectivity index is 1.30. The van der Waals surface area contributed by atoms with E-state index in [9.17, 15) is 45.1 Å². The van der Waals surface area contributed by atoms with Gasteiger partial charge in [-0.1, -0.05) is 72.8 Å². The van der Waals surface area contributed by atoms with Crippen molar-refractivity contribution in [3.05, 3.63) is 142 Å². The number of carbonyl (C=O) groups is 3. The van der Waals surface area contributed by atoms with Crippen LogP contribution in [0.4, 0.5) is 35.5 Å². The summed E-state index contributed by atoms with van der Waals surface area (Å²) in [7, 11) is 0. The fraction of sp³-hybridized carbons (Fsp3) is 0.341. The quantitative estimate of drug-likeness (QED) is 0.118. The Morgan fingerprint density at radius 2 is 1.42 bits per heavy atom. The SMILES string of the molecule is C[C@@H](O[C@H]1CC[C@@H](C(=O)C[C@]2(C)C(=O)O[C@@H](c3ccccc3)N2C(=O)OCc2ccccc2)[C@@H]1c1ccc(F)cc1)c1cc(C(F)(F)F)cc(C(F)(F)F)c1. The van der Waals surface area contributed by atoms with Crippen molar-refractivity contribution < 1.29 is 59.3 Å². The molecule has 0 radical (unpaired) electrons. The van der Waals surface area contributed by atoms with Crippen LogP contribution < -0.4 is 0 Å². The van der Waals surface area contributed by atoms with Crippen molar-refractivity contribution in [1.29, 1.82) is 0 Å². The molecule has 6 atom stereocenters. The molecule has 0 N–H and O–H groups in total. The Bertz CT molecular complexity index is 1970. The van der Waals surface area contributed by atoms with Crippen LogP contribution in [-0.4, -0.2) is 34.4 Å². The Morgan fingerprint density at radius 1 is 0.836 bits per heavy atom. The van der Waals surface area contributed by atoms with Crippen molar-refractivity contribution >= 4 is 17.8 Å². The highest BCUT2D eigenvalue weighted by Crippen LogP contribution is 2.48. The number of hydrogen-bond donors (Lipinski definition) is 0. The van der Waals surface area contributed by atoms with Gasteiger partial charge in [-0.15, -0.1) is 0 Å². The van der Waals surface area contributed by atoms with E-state index < -0.39 is 89.4 Å². The Morgan fingerprint density at radius 3 is 2.00 bits per heavy atom. The molecule has 1 saturated heterocycles. The number of hydrogen-bond acceptors (Lipinski definition) is 6. The van der Waals surface area contributed by atoms with E-state index in [1.54, 1.807) is 60.7 Å². The zero-order valence-electron chi connectivity index (χ0n) is 29.6. The molecule has 0 spiro atoms. The lowest BCUT2D eigenvalue weighted by Crippen LogP contribution is -2.51. The van der Waals surface area contributed by atoms with Gasteiger partial charge >= 0.3 is 24.4 Å². The number of Topliss-reactive ketones (excluding diaryl/α,β-unsaturated/α-hetero) is 1. The summed E-state index contributed by atoms with van der Waals surface area (Å²) in [6, 6.07) is 23.6. The maximum Gasteiger partial charge on any atom is 0.416 e. The van der Waals surface area contributed by atoms with E-state index in [1.165, 1.54) is 26.0 Å². The molecule has 1 amide bonds. The van der Waals surface area contributed by atoms with E-state index in [4.69, 9.17) is 14.2 Å². The van der Waals surface area contributed by atoms with Crippen molar-refractivity contribution in [3.63, 3.8) is 0 Å². The van der Waals surface area contributed by atoms with Gasteiger partial charge < -0.3 is 14.2 Å². The average Bonchev–Trinajstić information content (AvgIpc) is 3.68. The van der Waals surface area contributed by atoms with E-state index in [2.05, 4.69) is 0 Å². The maximum absolute atomic E-state index is 14.4. The number of ketones is 1. The van der Waals surface area contributed by atoms with Gasteiger partial charge in [0.1, 0.15) is 18.2 Å². The highest BCUT2D eigenvalue weighted by atomic mass is 19.4. The normalized spacial score (nSPS) is 23.4. The molecule has 1 aliphatic carbocycles. The Hall–Kier alpha value is -5.24. The fourth-order valence-corrected chi connectivity index (χ4v) is 7.35. The number of rotatable bonds is 10. The smallest absolute Gasteiger partial charge is 0.416 e. The molecular weight excluding hydrogens is 735 g/mol. The lowest BCUT2D eigenvalue weighted by molar-refractivity contribution is -0.147. The summed E-state index contributed by atoms with van der Waals surface area (Å²) in [4.78, 5) is 43.1. The Kier molecular flexibility index (Phi) is 11.1. The number of ether oxygens (including phenoxy) is 3. The molecule has 1 heterocycles. The minimum Gasteiger partial charge on any atom is -0.444 e. The summed E-state index contributed by atoms with van der Waals surface area (Å²) in [6.07, 6.45) is -14.8. The van der Waals surface area contributed by atoms with Gasteiger partial charge in [-0.05, 0) is 73.7 Å². The molecule has 0 aromatic heterocycles. The van der Waals surface area contributed by atoms with Crippen molar-refractivity contribution in [2.45, 2.75) is 82.0 Å². The maximum atomic E-state index is 14.4. The summed E-state index contributed by atoms with van der Waals surface area (Å²) in [5.41, 5.74) is -3.71. The highest BCUT2D eigenvalue weighted by molar-refractivity contribution is 5.95.